The Labute approximate surface area is 118 Å². The van der Waals surface area contributed by atoms with Gasteiger partial charge in [-0.3, -0.25) is 0 Å². The van der Waals surface area contributed by atoms with Gasteiger partial charge in [-0.25, -0.2) is 4.98 Å². The maximum Gasteiger partial charge on any atom is 0.232 e. The largest absolute Gasteiger partial charge is 0.480 e. The second kappa shape index (κ2) is 7.56. The molecule has 0 radical (unpaired) electrons. The smallest absolute Gasteiger partial charge is 0.232 e. The summed E-state index contributed by atoms with van der Waals surface area (Å²) in [7, 11) is 1.62. The molecular formula is C13H22BrN3O. The summed E-state index contributed by atoms with van der Waals surface area (Å²) < 4.78 is 6.00. The van der Waals surface area contributed by atoms with Crippen LogP contribution in [0.2, 0.25) is 0 Å². The van der Waals surface area contributed by atoms with Crippen molar-refractivity contribution in [3.05, 3.63) is 10.7 Å². The minimum atomic E-state index is 0.586. The number of aromatic nitrogens is 2. The molecule has 5 heteroatoms. The highest BCUT2D eigenvalue weighted by molar-refractivity contribution is 9.10. The molecule has 1 aromatic rings. The fraction of sp³-hybridized carbons (Fsp3) is 0.692. The van der Waals surface area contributed by atoms with Gasteiger partial charge in [0.15, 0.2) is 0 Å². The zero-order valence-electron chi connectivity index (χ0n) is 11.6. The Morgan fingerprint density at radius 1 is 1.33 bits per heavy atom. The van der Waals surface area contributed by atoms with Crippen LogP contribution >= 0.6 is 15.9 Å². The molecule has 0 aliphatic rings. The van der Waals surface area contributed by atoms with Crippen molar-refractivity contribution in [2.75, 3.05) is 25.1 Å². The van der Waals surface area contributed by atoms with Crippen molar-refractivity contribution in [1.29, 1.82) is 0 Å². The van der Waals surface area contributed by atoms with E-state index in [9.17, 15) is 0 Å². The van der Waals surface area contributed by atoms with Crippen LogP contribution in [0.4, 0.5) is 5.95 Å². The summed E-state index contributed by atoms with van der Waals surface area (Å²) in [4.78, 5) is 11.0. The van der Waals surface area contributed by atoms with Crippen LogP contribution in [0.5, 0.6) is 5.88 Å². The third-order valence-corrected chi connectivity index (χ3v) is 3.73. The Bertz CT molecular complexity index is 369. The Balaban J connectivity index is 2.87. The number of hydrogen-bond acceptors (Lipinski definition) is 4. The van der Waals surface area contributed by atoms with Gasteiger partial charge in [0.05, 0.1) is 17.8 Å². The van der Waals surface area contributed by atoms with E-state index in [1.165, 1.54) is 12.8 Å². The summed E-state index contributed by atoms with van der Waals surface area (Å²) in [5.74, 6) is 2.01. The summed E-state index contributed by atoms with van der Waals surface area (Å²) in [5.41, 5.74) is 0. The first-order chi connectivity index (χ1) is 8.65. The molecule has 102 valence electrons. The van der Waals surface area contributed by atoms with E-state index in [2.05, 4.69) is 51.6 Å². The standard InChI is InChI=1S/C13H22BrN3O/c1-5-10(6-2)9-17(7-3)13-15-8-11(14)12(16-13)18-4/h8,10H,5-7,9H2,1-4H3. The van der Waals surface area contributed by atoms with Gasteiger partial charge in [-0.1, -0.05) is 26.7 Å². The first-order valence-electron chi connectivity index (χ1n) is 6.47. The van der Waals surface area contributed by atoms with Gasteiger partial charge in [-0.05, 0) is 28.8 Å². The molecule has 0 bridgehead atoms. The van der Waals surface area contributed by atoms with Gasteiger partial charge in [-0.15, -0.1) is 0 Å². The fourth-order valence-corrected chi connectivity index (χ4v) is 2.20. The zero-order valence-corrected chi connectivity index (χ0v) is 13.2. The lowest BCUT2D eigenvalue weighted by molar-refractivity contribution is 0.393. The lowest BCUT2D eigenvalue weighted by Crippen LogP contribution is -2.30. The number of hydrogen-bond donors (Lipinski definition) is 0. The van der Waals surface area contributed by atoms with Crippen molar-refractivity contribution >= 4 is 21.9 Å². The number of rotatable bonds is 7. The number of halogens is 1. The highest BCUT2D eigenvalue weighted by Gasteiger charge is 2.14. The lowest BCUT2D eigenvalue weighted by Gasteiger charge is -2.25. The van der Waals surface area contributed by atoms with Gasteiger partial charge >= 0.3 is 0 Å². The van der Waals surface area contributed by atoms with Crippen LogP contribution in [0.25, 0.3) is 0 Å². The summed E-state index contributed by atoms with van der Waals surface area (Å²) in [6.45, 7) is 8.48. The Kier molecular flexibility index (Phi) is 6.39. The molecule has 4 nitrogen and oxygen atoms in total. The molecule has 0 unspecified atom stereocenters. The van der Waals surface area contributed by atoms with E-state index in [-0.39, 0.29) is 0 Å². The molecule has 0 spiro atoms. The number of ether oxygens (including phenoxy) is 1. The number of nitrogens with zero attached hydrogens (tertiary/aromatic N) is 3. The van der Waals surface area contributed by atoms with Crippen LogP contribution in [-0.4, -0.2) is 30.2 Å². The second-order valence-corrected chi connectivity index (χ2v) is 5.10. The minimum Gasteiger partial charge on any atom is -0.480 e. The van der Waals surface area contributed by atoms with Gasteiger partial charge in [0, 0.05) is 13.1 Å². The van der Waals surface area contributed by atoms with Crippen molar-refractivity contribution in [3.8, 4) is 5.88 Å². The lowest BCUT2D eigenvalue weighted by atomic mass is 10.0. The number of methoxy groups -OCH3 is 1. The first-order valence-corrected chi connectivity index (χ1v) is 7.26. The van der Waals surface area contributed by atoms with Crippen LogP contribution in [0.3, 0.4) is 0 Å². The Morgan fingerprint density at radius 3 is 2.50 bits per heavy atom. The predicted molar refractivity (Wildman–Crippen MR) is 78.2 cm³/mol. The summed E-state index contributed by atoms with van der Waals surface area (Å²) in [6.07, 6.45) is 4.11. The molecule has 0 saturated carbocycles. The predicted octanol–water partition coefficient (Wildman–Crippen LogP) is 3.51. The molecule has 1 aromatic heterocycles. The summed E-state index contributed by atoms with van der Waals surface area (Å²) in [6, 6.07) is 0. The molecular weight excluding hydrogens is 294 g/mol. The van der Waals surface area contributed by atoms with E-state index >= 15 is 0 Å². The average Bonchev–Trinajstić information content (AvgIpc) is 2.41. The molecule has 18 heavy (non-hydrogen) atoms. The maximum atomic E-state index is 5.21. The quantitative estimate of drug-likeness (QED) is 0.771. The second-order valence-electron chi connectivity index (χ2n) is 4.25. The van der Waals surface area contributed by atoms with Crippen LogP contribution in [0, 0.1) is 5.92 Å². The van der Waals surface area contributed by atoms with Crippen LogP contribution in [0.15, 0.2) is 10.7 Å². The summed E-state index contributed by atoms with van der Waals surface area (Å²) >= 11 is 3.37. The number of anilines is 1. The van der Waals surface area contributed by atoms with Crippen LogP contribution in [-0.2, 0) is 0 Å². The average molecular weight is 316 g/mol. The van der Waals surface area contributed by atoms with Gasteiger partial charge in [-0.2, -0.15) is 4.98 Å². The van der Waals surface area contributed by atoms with Crippen molar-refractivity contribution in [2.24, 2.45) is 5.92 Å². The molecule has 0 fully saturated rings. The molecule has 0 aromatic carbocycles. The van der Waals surface area contributed by atoms with Crippen molar-refractivity contribution in [2.45, 2.75) is 33.6 Å². The van der Waals surface area contributed by atoms with Crippen molar-refractivity contribution in [1.82, 2.24) is 9.97 Å². The first kappa shape index (κ1) is 15.2. The third kappa shape index (κ3) is 3.83. The van der Waals surface area contributed by atoms with Gasteiger partial charge < -0.3 is 9.64 Å². The van der Waals surface area contributed by atoms with Gasteiger partial charge in [0.1, 0.15) is 0 Å². The maximum absolute atomic E-state index is 5.21. The van der Waals surface area contributed by atoms with Gasteiger partial charge in [0.25, 0.3) is 0 Å². The third-order valence-electron chi connectivity index (χ3n) is 3.19. The highest BCUT2D eigenvalue weighted by Crippen LogP contribution is 2.24. The minimum absolute atomic E-state index is 0.586. The summed E-state index contributed by atoms with van der Waals surface area (Å²) in [5, 5.41) is 0. The Morgan fingerprint density at radius 2 is 2.00 bits per heavy atom. The van der Waals surface area contributed by atoms with Crippen molar-refractivity contribution < 1.29 is 4.74 Å². The van der Waals surface area contributed by atoms with E-state index in [0.717, 1.165) is 23.5 Å². The molecule has 0 aliphatic heterocycles. The monoisotopic (exact) mass is 315 g/mol. The van der Waals surface area contributed by atoms with Gasteiger partial charge in [0.2, 0.25) is 11.8 Å². The van der Waals surface area contributed by atoms with E-state index in [1.54, 1.807) is 13.3 Å². The topological polar surface area (TPSA) is 38.2 Å². The molecule has 0 N–H and O–H groups in total. The molecule has 1 heterocycles. The van der Waals surface area contributed by atoms with E-state index in [1.807, 2.05) is 0 Å². The molecule has 1 rings (SSSR count). The van der Waals surface area contributed by atoms with E-state index in [0.29, 0.717) is 11.8 Å². The van der Waals surface area contributed by atoms with Crippen LogP contribution in [0.1, 0.15) is 33.6 Å². The van der Waals surface area contributed by atoms with Crippen molar-refractivity contribution in [3.63, 3.8) is 0 Å². The van der Waals surface area contributed by atoms with Crippen LogP contribution < -0.4 is 9.64 Å². The van der Waals surface area contributed by atoms with E-state index in [4.69, 9.17) is 4.74 Å². The zero-order chi connectivity index (χ0) is 13.5. The Hall–Kier alpha value is -0.840. The van der Waals surface area contributed by atoms with E-state index < -0.39 is 0 Å². The molecule has 0 aliphatic carbocycles. The fourth-order valence-electron chi connectivity index (χ4n) is 1.85. The molecule has 0 saturated heterocycles. The molecule has 0 atom stereocenters. The SMILES string of the molecule is CCC(CC)CN(CC)c1ncc(Br)c(OC)n1. The highest BCUT2D eigenvalue weighted by atomic mass is 79.9. The molecule has 0 amide bonds. The normalized spacial score (nSPS) is 10.8.